The zero-order valence-electron chi connectivity index (χ0n) is 11.3. The summed E-state index contributed by atoms with van der Waals surface area (Å²) in [4.78, 5) is 14.4. The van der Waals surface area contributed by atoms with Crippen LogP contribution in [-0.2, 0) is 9.53 Å². The molecule has 1 fully saturated rings. The maximum absolute atomic E-state index is 12.2. The molecule has 0 radical (unpaired) electrons. The average molecular weight is 278 g/mol. The molecule has 2 heterocycles. The topological polar surface area (TPSA) is 46.5 Å². The number of esters is 1. The third kappa shape index (κ3) is 1.89. The Bertz CT molecular complexity index is 562. The molecule has 0 saturated heterocycles. The zero-order chi connectivity index (χ0) is 13.6. The summed E-state index contributed by atoms with van der Waals surface area (Å²) in [6.07, 6.45) is 4.66. The Morgan fingerprint density at radius 3 is 2.53 bits per heavy atom. The lowest BCUT2D eigenvalue weighted by Gasteiger charge is -2.31. The molecule has 3 nitrogen and oxygen atoms in total. The lowest BCUT2D eigenvalue weighted by atomic mass is 9.82. The highest BCUT2D eigenvalue weighted by atomic mass is 32.1. The number of aryl methyl sites for hydroxylation is 2. The van der Waals surface area contributed by atoms with Gasteiger partial charge in [0.15, 0.2) is 11.4 Å². The van der Waals surface area contributed by atoms with Crippen molar-refractivity contribution in [3.63, 3.8) is 0 Å². The molecule has 19 heavy (non-hydrogen) atoms. The van der Waals surface area contributed by atoms with Gasteiger partial charge >= 0.3 is 5.97 Å². The largest absolute Gasteiger partial charge is 0.507 e. The summed E-state index contributed by atoms with van der Waals surface area (Å²) >= 11 is 1.64. The number of rotatable bonds is 1. The van der Waals surface area contributed by atoms with E-state index in [1.165, 1.54) is 0 Å². The van der Waals surface area contributed by atoms with Gasteiger partial charge in [-0.25, -0.2) is 4.79 Å². The SMILES string of the molecule is Cc1cc(C2=C(O)C3(CCCCC3)OC2=O)c(C)s1. The van der Waals surface area contributed by atoms with E-state index >= 15 is 0 Å². The van der Waals surface area contributed by atoms with Gasteiger partial charge in [0.25, 0.3) is 0 Å². The van der Waals surface area contributed by atoms with Gasteiger partial charge in [0.1, 0.15) is 5.57 Å². The smallest absolute Gasteiger partial charge is 0.343 e. The van der Waals surface area contributed by atoms with E-state index < -0.39 is 5.60 Å². The number of hydrogen-bond donors (Lipinski definition) is 1. The minimum atomic E-state index is -0.729. The molecule has 1 aliphatic heterocycles. The highest BCUT2D eigenvalue weighted by Gasteiger charge is 2.49. The molecule has 3 rings (SSSR count). The maximum Gasteiger partial charge on any atom is 0.343 e. The molecule has 4 heteroatoms. The Kier molecular flexibility index (Phi) is 2.93. The molecule has 1 N–H and O–H groups in total. The Morgan fingerprint density at radius 1 is 1.26 bits per heavy atom. The first kappa shape index (κ1) is 12.7. The van der Waals surface area contributed by atoms with Gasteiger partial charge in [-0.05, 0) is 45.6 Å². The molecule has 2 aliphatic rings. The van der Waals surface area contributed by atoms with Crippen LogP contribution in [0.15, 0.2) is 11.8 Å². The Balaban J connectivity index is 2.08. The molecule has 1 saturated carbocycles. The summed E-state index contributed by atoms with van der Waals surface area (Å²) in [5.74, 6) is -0.196. The highest BCUT2D eigenvalue weighted by Crippen LogP contribution is 2.46. The van der Waals surface area contributed by atoms with Crippen LogP contribution >= 0.6 is 11.3 Å². The van der Waals surface area contributed by atoms with Crippen molar-refractivity contribution < 1.29 is 14.6 Å². The molecule has 0 aromatic carbocycles. The third-order valence-electron chi connectivity index (χ3n) is 4.13. The van der Waals surface area contributed by atoms with Gasteiger partial charge in [0, 0.05) is 15.3 Å². The Labute approximate surface area is 116 Å². The fourth-order valence-corrected chi connectivity index (χ4v) is 4.11. The van der Waals surface area contributed by atoms with Crippen molar-refractivity contribution in [2.75, 3.05) is 0 Å². The standard InChI is InChI=1S/C15H18O3S/c1-9-8-11(10(2)19-9)12-13(16)15(18-14(12)17)6-4-3-5-7-15/h8,16H,3-7H2,1-2H3. The average Bonchev–Trinajstić information content (AvgIpc) is 2.79. The minimum Gasteiger partial charge on any atom is -0.507 e. The Hall–Kier alpha value is -1.29. The molecular formula is C15H18O3S. The predicted octanol–water partition coefficient (Wildman–Crippen LogP) is 3.89. The predicted molar refractivity (Wildman–Crippen MR) is 75.2 cm³/mol. The molecule has 1 aromatic rings. The van der Waals surface area contributed by atoms with Crippen molar-refractivity contribution in [1.29, 1.82) is 0 Å². The van der Waals surface area contributed by atoms with Gasteiger partial charge in [-0.3, -0.25) is 0 Å². The van der Waals surface area contributed by atoms with E-state index in [0.717, 1.165) is 47.4 Å². The van der Waals surface area contributed by atoms with Gasteiger partial charge in [-0.15, -0.1) is 11.3 Å². The summed E-state index contributed by atoms with van der Waals surface area (Å²) in [6.45, 7) is 3.99. The number of thiophene rings is 1. The number of aliphatic hydroxyl groups excluding tert-OH is 1. The molecule has 0 amide bonds. The van der Waals surface area contributed by atoms with E-state index in [2.05, 4.69) is 0 Å². The van der Waals surface area contributed by atoms with E-state index in [1.54, 1.807) is 11.3 Å². The molecule has 0 unspecified atom stereocenters. The van der Waals surface area contributed by atoms with Crippen molar-refractivity contribution in [3.05, 3.63) is 27.1 Å². The summed E-state index contributed by atoms with van der Waals surface area (Å²) < 4.78 is 5.57. The van der Waals surface area contributed by atoms with E-state index in [-0.39, 0.29) is 11.7 Å². The first-order valence-electron chi connectivity index (χ1n) is 6.78. The quantitative estimate of drug-likeness (QED) is 0.793. The van der Waals surface area contributed by atoms with Crippen LogP contribution in [0.4, 0.5) is 0 Å². The lowest BCUT2D eigenvalue weighted by Crippen LogP contribution is -2.34. The van der Waals surface area contributed by atoms with Crippen LogP contribution < -0.4 is 0 Å². The lowest BCUT2D eigenvalue weighted by molar-refractivity contribution is -0.149. The van der Waals surface area contributed by atoms with E-state index in [4.69, 9.17) is 4.74 Å². The van der Waals surface area contributed by atoms with E-state index in [9.17, 15) is 9.90 Å². The summed E-state index contributed by atoms with van der Waals surface area (Å²) in [7, 11) is 0. The van der Waals surface area contributed by atoms with Crippen LogP contribution in [0.25, 0.3) is 5.57 Å². The fraction of sp³-hybridized carbons (Fsp3) is 0.533. The fourth-order valence-electron chi connectivity index (χ4n) is 3.18. The monoisotopic (exact) mass is 278 g/mol. The molecular weight excluding hydrogens is 260 g/mol. The normalized spacial score (nSPS) is 22.1. The van der Waals surface area contributed by atoms with Crippen molar-refractivity contribution in [3.8, 4) is 0 Å². The molecule has 1 spiro atoms. The van der Waals surface area contributed by atoms with Gasteiger partial charge in [-0.1, -0.05) is 6.42 Å². The van der Waals surface area contributed by atoms with Crippen LogP contribution in [0.1, 0.15) is 47.4 Å². The van der Waals surface area contributed by atoms with Crippen LogP contribution in [-0.4, -0.2) is 16.7 Å². The molecule has 102 valence electrons. The van der Waals surface area contributed by atoms with Crippen LogP contribution in [0.3, 0.4) is 0 Å². The summed E-state index contributed by atoms with van der Waals surface area (Å²) in [6, 6.07) is 1.97. The molecule has 1 aliphatic carbocycles. The number of carbonyl (C=O) groups is 1. The second-order valence-electron chi connectivity index (χ2n) is 5.49. The first-order valence-corrected chi connectivity index (χ1v) is 7.60. The van der Waals surface area contributed by atoms with Gasteiger partial charge in [0.05, 0.1) is 0 Å². The molecule has 0 atom stereocenters. The van der Waals surface area contributed by atoms with Crippen LogP contribution in [0.2, 0.25) is 0 Å². The second kappa shape index (κ2) is 4.37. The number of carbonyl (C=O) groups excluding carboxylic acids is 1. The van der Waals surface area contributed by atoms with Gasteiger partial charge < -0.3 is 9.84 Å². The number of hydrogen-bond acceptors (Lipinski definition) is 4. The second-order valence-corrected chi connectivity index (χ2v) is 6.96. The van der Waals surface area contributed by atoms with Crippen LogP contribution in [0, 0.1) is 13.8 Å². The van der Waals surface area contributed by atoms with Gasteiger partial charge in [-0.2, -0.15) is 0 Å². The minimum absolute atomic E-state index is 0.165. The van der Waals surface area contributed by atoms with Crippen molar-refractivity contribution >= 4 is 22.9 Å². The van der Waals surface area contributed by atoms with Crippen LogP contribution in [0.5, 0.6) is 0 Å². The van der Waals surface area contributed by atoms with E-state index in [1.807, 2.05) is 19.9 Å². The summed E-state index contributed by atoms with van der Waals surface area (Å²) in [5.41, 5.74) is 0.503. The maximum atomic E-state index is 12.2. The summed E-state index contributed by atoms with van der Waals surface area (Å²) in [5, 5.41) is 10.6. The molecule has 1 aromatic heterocycles. The zero-order valence-corrected chi connectivity index (χ0v) is 12.1. The number of aliphatic hydroxyl groups is 1. The third-order valence-corrected chi connectivity index (χ3v) is 5.10. The Morgan fingerprint density at radius 2 is 1.95 bits per heavy atom. The van der Waals surface area contributed by atoms with Crippen molar-refractivity contribution in [2.45, 2.75) is 51.6 Å². The van der Waals surface area contributed by atoms with Gasteiger partial charge in [0.2, 0.25) is 0 Å². The van der Waals surface area contributed by atoms with E-state index in [0.29, 0.717) is 5.57 Å². The number of ether oxygens (including phenoxy) is 1. The van der Waals surface area contributed by atoms with Crippen molar-refractivity contribution in [1.82, 2.24) is 0 Å². The first-order chi connectivity index (χ1) is 9.03. The highest BCUT2D eigenvalue weighted by molar-refractivity contribution is 7.12. The van der Waals surface area contributed by atoms with Crippen molar-refractivity contribution in [2.24, 2.45) is 0 Å². The molecule has 0 bridgehead atoms.